The van der Waals surface area contributed by atoms with Gasteiger partial charge in [-0.15, -0.1) is 0 Å². The van der Waals surface area contributed by atoms with E-state index in [2.05, 4.69) is 133 Å². The number of amides is 1. The molecule has 0 bridgehead atoms. The van der Waals surface area contributed by atoms with Crippen molar-refractivity contribution in [1.29, 1.82) is 0 Å². The standard InChI is InChI=1S/C34H33NO/c1-2-35(23-28-29(24-15-7-3-8-16-24)30(28)25-17-9-4-10-18-25)34(36)33-31(26-19-11-5-12-20-26)32(33)27-21-13-6-14-22-27/h3-22,28-33H,2,23H2,1H3. The lowest BCUT2D eigenvalue weighted by molar-refractivity contribution is -0.132. The summed E-state index contributed by atoms with van der Waals surface area (Å²) in [6.45, 7) is 3.69. The van der Waals surface area contributed by atoms with Gasteiger partial charge in [-0.3, -0.25) is 4.79 Å². The molecular formula is C34H33NO. The Hall–Kier alpha value is -3.65. The topological polar surface area (TPSA) is 20.3 Å². The predicted octanol–water partition coefficient (Wildman–Crippen LogP) is 7.23. The van der Waals surface area contributed by atoms with Gasteiger partial charge in [0.25, 0.3) is 0 Å². The van der Waals surface area contributed by atoms with E-state index in [0.717, 1.165) is 13.1 Å². The molecule has 0 saturated heterocycles. The average molecular weight is 472 g/mol. The Morgan fingerprint density at radius 3 is 1.22 bits per heavy atom. The largest absolute Gasteiger partial charge is 0.342 e. The molecule has 4 aromatic rings. The van der Waals surface area contributed by atoms with E-state index in [4.69, 9.17) is 0 Å². The van der Waals surface area contributed by atoms with Gasteiger partial charge in [-0.1, -0.05) is 121 Å². The van der Waals surface area contributed by atoms with Crippen LogP contribution in [0.1, 0.15) is 52.8 Å². The zero-order chi connectivity index (χ0) is 24.5. The second kappa shape index (κ2) is 9.78. The maximum atomic E-state index is 14.1. The highest BCUT2D eigenvalue weighted by molar-refractivity contribution is 5.85. The summed E-state index contributed by atoms with van der Waals surface area (Å²) >= 11 is 0. The molecule has 1 amide bonds. The maximum absolute atomic E-state index is 14.1. The summed E-state index contributed by atoms with van der Waals surface area (Å²) in [5.74, 6) is 2.20. The first kappa shape index (κ1) is 22.8. The Balaban J connectivity index is 1.26. The highest BCUT2D eigenvalue weighted by atomic mass is 16.2. The third-order valence-corrected chi connectivity index (χ3v) is 8.34. The molecule has 0 aliphatic heterocycles. The molecule has 0 radical (unpaired) electrons. The van der Waals surface area contributed by atoms with E-state index in [-0.39, 0.29) is 17.8 Å². The molecule has 2 nitrogen and oxygen atoms in total. The van der Waals surface area contributed by atoms with Crippen molar-refractivity contribution < 1.29 is 4.79 Å². The van der Waals surface area contributed by atoms with Crippen LogP contribution in [0.2, 0.25) is 0 Å². The van der Waals surface area contributed by atoms with Crippen molar-refractivity contribution >= 4 is 5.91 Å². The van der Waals surface area contributed by atoms with Crippen molar-refractivity contribution in [3.05, 3.63) is 144 Å². The minimum atomic E-state index is 0.0128. The zero-order valence-corrected chi connectivity index (χ0v) is 20.8. The fourth-order valence-corrected chi connectivity index (χ4v) is 6.50. The van der Waals surface area contributed by atoms with Crippen molar-refractivity contribution in [3.8, 4) is 0 Å². The number of nitrogens with zero attached hydrogens (tertiary/aromatic N) is 1. The first-order chi connectivity index (χ1) is 17.8. The van der Waals surface area contributed by atoms with Crippen LogP contribution in [0.25, 0.3) is 0 Å². The highest BCUT2D eigenvalue weighted by Gasteiger charge is 2.58. The van der Waals surface area contributed by atoms with Crippen LogP contribution in [-0.4, -0.2) is 23.9 Å². The van der Waals surface area contributed by atoms with Crippen molar-refractivity contribution in [2.75, 3.05) is 13.1 Å². The van der Waals surface area contributed by atoms with E-state index in [1.807, 2.05) is 0 Å². The molecule has 0 heterocycles. The van der Waals surface area contributed by atoms with Crippen molar-refractivity contribution in [2.24, 2.45) is 11.8 Å². The van der Waals surface area contributed by atoms with Crippen LogP contribution >= 0.6 is 0 Å². The zero-order valence-electron chi connectivity index (χ0n) is 20.8. The molecule has 6 rings (SSSR count). The van der Waals surface area contributed by atoms with E-state index in [1.54, 1.807) is 0 Å². The smallest absolute Gasteiger partial charge is 0.226 e. The number of hydrogen-bond donors (Lipinski definition) is 0. The molecule has 4 unspecified atom stereocenters. The van der Waals surface area contributed by atoms with Crippen LogP contribution in [0.5, 0.6) is 0 Å². The van der Waals surface area contributed by atoms with Gasteiger partial charge in [0.15, 0.2) is 0 Å². The van der Waals surface area contributed by atoms with Gasteiger partial charge in [0.1, 0.15) is 0 Å². The second-order valence-corrected chi connectivity index (χ2v) is 10.3. The number of benzene rings is 4. The van der Waals surface area contributed by atoms with Gasteiger partial charge in [-0.2, -0.15) is 0 Å². The Labute approximate surface area is 214 Å². The summed E-state index contributed by atoms with van der Waals surface area (Å²) in [5, 5.41) is 0. The summed E-state index contributed by atoms with van der Waals surface area (Å²) < 4.78 is 0. The fraction of sp³-hybridized carbons (Fsp3) is 0.265. The normalized spacial score (nSPS) is 26.2. The predicted molar refractivity (Wildman–Crippen MR) is 146 cm³/mol. The van der Waals surface area contributed by atoms with Crippen LogP contribution in [-0.2, 0) is 4.79 Å². The molecule has 180 valence electrons. The lowest BCUT2D eigenvalue weighted by Gasteiger charge is -2.22. The van der Waals surface area contributed by atoms with Crippen LogP contribution < -0.4 is 0 Å². The first-order valence-electron chi connectivity index (χ1n) is 13.3. The quantitative estimate of drug-likeness (QED) is 0.265. The van der Waals surface area contributed by atoms with Crippen molar-refractivity contribution in [3.63, 3.8) is 0 Å². The third-order valence-electron chi connectivity index (χ3n) is 8.34. The third kappa shape index (κ3) is 4.26. The van der Waals surface area contributed by atoms with E-state index >= 15 is 0 Å². The molecule has 2 fully saturated rings. The van der Waals surface area contributed by atoms with Gasteiger partial charge in [-0.05, 0) is 46.9 Å². The number of rotatable bonds is 8. The molecule has 2 heteroatoms. The summed E-state index contributed by atoms with van der Waals surface area (Å²) in [7, 11) is 0. The molecule has 2 saturated carbocycles. The van der Waals surface area contributed by atoms with Gasteiger partial charge in [0, 0.05) is 24.9 Å². The maximum Gasteiger partial charge on any atom is 0.226 e. The van der Waals surface area contributed by atoms with E-state index in [1.165, 1.54) is 22.3 Å². The van der Waals surface area contributed by atoms with Gasteiger partial charge in [0.05, 0.1) is 5.92 Å². The van der Waals surface area contributed by atoms with Gasteiger partial charge < -0.3 is 4.90 Å². The molecule has 36 heavy (non-hydrogen) atoms. The Morgan fingerprint density at radius 1 is 0.556 bits per heavy atom. The Morgan fingerprint density at radius 2 is 0.889 bits per heavy atom. The molecule has 0 N–H and O–H groups in total. The van der Waals surface area contributed by atoms with E-state index < -0.39 is 0 Å². The highest BCUT2D eigenvalue weighted by Crippen LogP contribution is 2.63. The van der Waals surface area contributed by atoms with E-state index in [9.17, 15) is 4.79 Å². The monoisotopic (exact) mass is 471 g/mol. The second-order valence-electron chi connectivity index (χ2n) is 10.3. The number of hydrogen-bond acceptors (Lipinski definition) is 1. The van der Waals surface area contributed by atoms with Gasteiger partial charge in [-0.25, -0.2) is 0 Å². The minimum absolute atomic E-state index is 0.0128. The summed E-state index contributed by atoms with van der Waals surface area (Å²) in [4.78, 5) is 16.2. The number of carbonyl (C=O) groups excluding carboxylic acids is 1. The van der Waals surface area contributed by atoms with Crippen molar-refractivity contribution in [2.45, 2.75) is 30.6 Å². The molecule has 0 aromatic heterocycles. The Bertz CT molecular complexity index is 1200. The molecule has 2 aliphatic carbocycles. The van der Waals surface area contributed by atoms with Gasteiger partial charge in [0.2, 0.25) is 5.91 Å². The fourth-order valence-electron chi connectivity index (χ4n) is 6.50. The van der Waals surface area contributed by atoms with E-state index in [0.29, 0.717) is 23.7 Å². The molecular weight excluding hydrogens is 438 g/mol. The Kier molecular flexibility index (Phi) is 6.19. The van der Waals surface area contributed by atoms with Crippen LogP contribution in [0, 0.1) is 11.8 Å². The van der Waals surface area contributed by atoms with Crippen LogP contribution in [0.3, 0.4) is 0 Å². The number of carbonyl (C=O) groups is 1. The molecule has 4 aromatic carbocycles. The lowest BCUT2D eigenvalue weighted by atomic mass is 10.0. The SMILES string of the molecule is CCN(CC1C(c2ccccc2)C1c1ccccc1)C(=O)C1C(c2ccccc2)C1c1ccccc1. The molecule has 2 aliphatic rings. The molecule has 4 atom stereocenters. The first-order valence-corrected chi connectivity index (χ1v) is 13.3. The summed E-state index contributed by atoms with van der Waals surface area (Å²) in [6.07, 6.45) is 0. The van der Waals surface area contributed by atoms with Crippen LogP contribution in [0.15, 0.2) is 121 Å². The molecule has 0 spiro atoms. The lowest BCUT2D eigenvalue weighted by Crippen LogP contribution is -2.35. The van der Waals surface area contributed by atoms with Gasteiger partial charge >= 0.3 is 0 Å². The minimum Gasteiger partial charge on any atom is -0.342 e. The van der Waals surface area contributed by atoms with Crippen LogP contribution in [0.4, 0.5) is 0 Å². The summed E-state index contributed by atoms with van der Waals surface area (Å²) in [6, 6.07) is 42.9. The van der Waals surface area contributed by atoms with Crippen molar-refractivity contribution in [1.82, 2.24) is 4.90 Å². The average Bonchev–Trinajstić information content (AvgIpc) is 3.87. The summed E-state index contributed by atoms with van der Waals surface area (Å²) in [5.41, 5.74) is 5.32.